The van der Waals surface area contributed by atoms with Gasteiger partial charge in [0.25, 0.3) is 5.91 Å². The summed E-state index contributed by atoms with van der Waals surface area (Å²) in [4.78, 5) is 33.5. The highest BCUT2D eigenvalue weighted by Crippen LogP contribution is 2.16. The smallest absolute Gasteiger partial charge is 0.326 e. The molecule has 2 atom stereocenters. The number of carboxylic acids is 1. The maximum atomic E-state index is 11.8. The highest BCUT2D eigenvalue weighted by molar-refractivity contribution is 6.30. The van der Waals surface area contributed by atoms with Crippen LogP contribution in [0.25, 0.3) is 0 Å². The molecule has 0 fully saturated rings. The first-order valence-corrected chi connectivity index (χ1v) is 6.41. The molecular formula is C13H15ClN2O5. The van der Waals surface area contributed by atoms with Crippen LogP contribution < -0.4 is 15.8 Å². The number of nitrogens with one attached hydrogen (secondary N) is 1. The average Bonchev–Trinajstić information content (AvgIpc) is 2.39. The van der Waals surface area contributed by atoms with E-state index in [1.807, 2.05) is 0 Å². The van der Waals surface area contributed by atoms with Crippen molar-refractivity contribution in [3.63, 3.8) is 0 Å². The van der Waals surface area contributed by atoms with E-state index in [1.54, 1.807) is 24.3 Å². The second-order valence-corrected chi connectivity index (χ2v) is 4.72. The van der Waals surface area contributed by atoms with Crippen LogP contribution in [-0.2, 0) is 14.4 Å². The van der Waals surface area contributed by atoms with Crippen molar-refractivity contribution in [3.8, 4) is 5.75 Å². The number of benzene rings is 1. The van der Waals surface area contributed by atoms with Crippen LogP contribution in [0.15, 0.2) is 24.3 Å². The standard InChI is InChI=1S/C13H15ClN2O5/c1-7(21-9-4-2-8(14)3-5-9)12(18)16-10(13(19)20)6-11(15)17/h2-5,7,10H,6H2,1H3,(H2,15,17)(H,16,18)(H,19,20)/t7?,10-/m0/s1. The monoisotopic (exact) mass is 314 g/mol. The molecule has 0 aliphatic heterocycles. The summed E-state index contributed by atoms with van der Waals surface area (Å²) in [6.07, 6.45) is -1.43. The molecule has 0 aliphatic carbocycles. The number of carbonyl (C=O) groups excluding carboxylic acids is 2. The van der Waals surface area contributed by atoms with Crippen molar-refractivity contribution in [2.75, 3.05) is 0 Å². The van der Waals surface area contributed by atoms with Gasteiger partial charge in [-0.25, -0.2) is 4.79 Å². The van der Waals surface area contributed by atoms with E-state index in [0.29, 0.717) is 10.8 Å². The second-order valence-electron chi connectivity index (χ2n) is 4.28. The zero-order valence-electron chi connectivity index (χ0n) is 11.2. The number of primary amides is 1. The van der Waals surface area contributed by atoms with Crippen LogP contribution in [0.1, 0.15) is 13.3 Å². The minimum atomic E-state index is -1.38. The first-order chi connectivity index (χ1) is 9.79. The van der Waals surface area contributed by atoms with Gasteiger partial charge in [0.1, 0.15) is 11.8 Å². The van der Waals surface area contributed by atoms with E-state index in [0.717, 1.165) is 0 Å². The molecule has 0 saturated carbocycles. The summed E-state index contributed by atoms with van der Waals surface area (Å²) in [7, 11) is 0. The third-order valence-electron chi connectivity index (χ3n) is 2.52. The molecule has 1 aromatic rings. The Morgan fingerprint density at radius 2 is 1.90 bits per heavy atom. The van der Waals surface area contributed by atoms with Crippen molar-refractivity contribution in [2.24, 2.45) is 5.73 Å². The molecule has 8 heteroatoms. The molecular weight excluding hydrogens is 300 g/mol. The van der Waals surface area contributed by atoms with E-state index >= 15 is 0 Å². The van der Waals surface area contributed by atoms with Crippen LogP contribution in [0.2, 0.25) is 5.02 Å². The van der Waals surface area contributed by atoms with Gasteiger partial charge in [-0.15, -0.1) is 0 Å². The Morgan fingerprint density at radius 3 is 2.38 bits per heavy atom. The van der Waals surface area contributed by atoms with Crippen LogP contribution in [0, 0.1) is 0 Å². The minimum Gasteiger partial charge on any atom is -0.481 e. The van der Waals surface area contributed by atoms with Crippen molar-refractivity contribution < 1.29 is 24.2 Å². The van der Waals surface area contributed by atoms with Gasteiger partial charge in [-0.1, -0.05) is 11.6 Å². The normalized spacial score (nSPS) is 13.0. The zero-order chi connectivity index (χ0) is 16.0. The van der Waals surface area contributed by atoms with Gasteiger partial charge in [-0.3, -0.25) is 9.59 Å². The molecule has 0 aromatic heterocycles. The summed E-state index contributed by atoms with van der Waals surface area (Å²) in [5.74, 6) is -2.43. The van der Waals surface area contributed by atoms with E-state index in [4.69, 9.17) is 27.2 Å². The first-order valence-electron chi connectivity index (χ1n) is 6.03. The Bertz CT molecular complexity index is 532. The van der Waals surface area contributed by atoms with E-state index < -0.39 is 36.4 Å². The average molecular weight is 315 g/mol. The van der Waals surface area contributed by atoms with Crippen LogP contribution in [0.3, 0.4) is 0 Å². The van der Waals surface area contributed by atoms with E-state index in [1.165, 1.54) is 6.92 Å². The molecule has 1 unspecified atom stereocenters. The largest absolute Gasteiger partial charge is 0.481 e. The van der Waals surface area contributed by atoms with Crippen LogP contribution in [-0.4, -0.2) is 35.0 Å². The quantitative estimate of drug-likeness (QED) is 0.679. The molecule has 0 radical (unpaired) electrons. The number of halogens is 1. The van der Waals surface area contributed by atoms with Crippen molar-refractivity contribution in [2.45, 2.75) is 25.5 Å². The summed E-state index contributed by atoms with van der Waals surface area (Å²) in [6.45, 7) is 1.45. The summed E-state index contributed by atoms with van der Waals surface area (Å²) < 4.78 is 5.34. The van der Waals surface area contributed by atoms with Gasteiger partial charge < -0.3 is 20.9 Å². The lowest BCUT2D eigenvalue weighted by Gasteiger charge is -2.18. The predicted molar refractivity (Wildman–Crippen MR) is 74.9 cm³/mol. The molecule has 114 valence electrons. The lowest BCUT2D eigenvalue weighted by atomic mass is 10.2. The van der Waals surface area contributed by atoms with E-state index in [2.05, 4.69) is 5.32 Å². The summed E-state index contributed by atoms with van der Waals surface area (Å²) in [5.41, 5.74) is 4.92. The van der Waals surface area contributed by atoms with Gasteiger partial charge in [0.05, 0.1) is 6.42 Å². The third-order valence-corrected chi connectivity index (χ3v) is 2.77. The number of carboxylic acid groups (broad SMARTS) is 1. The highest BCUT2D eigenvalue weighted by atomic mass is 35.5. The Morgan fingerprint density at radius 1 is 1.33 bits per heavy atom. The van der Waals surface area contributed by atoms with E-state index in [9.17, 15) is 14.4 Å². The molecule has 0 saturated heterocycles. The molecule has 1 aromatic carbocycles. The van der Waals surface area contributed by atoms with Crippen LogP contribution >= 0.6 is 11.6 Å². The summed E-state index contributed by atoms with van der Waals surface area (Å²) in [6, 6.07) is 4.95. The number of aliphatic carboxylic acids is 1. The summed E-state index contributed by atoms with van der Waals surface area (Å²) >= 11 is 5.72. The van der Waals surface area contributed by atoms with E-state index in [-0.39, 0.29) is 0 Å². The molecule has 0 heterocycles. The Kier molecular flexibility index (Phi) is 5.98. The summed E-state index contributed by atoms with van der Waals surface area (Å²) in [5, 5.41) is 11.6. The number of hydrogen-bond donors (Lipinski definition) is 3. The topological polar surface area (TPSA) is 119 Å². The Labute approximate surface area is 126 Å². The fourth-order valence-electron chi connectivity index (χ4n) is 1.46. The number of rotatable bonds is 7. The van der Waals surface area contributed by atoms with Gasteiger partial charge in [-0.05, 0) is 31.2 Å². The van der Waals surface area contributed by atoms with Gasteiger partial charge in [-0.2, -0.15) is 0 Å². The molecule has 0 bridgehead atoms. The number of hydrogen-bond acceptors (Lipinski definition) is 4. The number of ether oxygens (including phenoxy) is 1. The fraction of sp³-hybridized carbons (Fsp3) is 0.308. The predicted octanol–water partition coefficient (Wildman–Crippen LogP) is 0.552. The Balaban J connectivity index is 2.62. The zero-order valence-corrected chi connectivity index (χ0v) is 12.0. The maximum absolute atomic E-state index is 11.8. The van der Waals surface area contributed by atoms with Gasteiger partial charge in [0.15, 0.2) is 6.10 Å². The maximum Gasteiger partial charge on any atom is 0.326 e. The second kappa shape index (κ2) is 7.49. The molecule has 0 aliphatic rings. The van der Waals surface area contributed by atoms with Crippen LogP contribution in [0.4, 0.5) is 0 Å². The molecule has 0 spiro atoms. The van der Waals surface area contributed by atoms with Crippen molar-refractivity contribution >= 4 is 29.4 Å². The van der Waals surface area contributed by atoms with Gasteiger partial charge in [0, 0.05) is 5.02 Å². The molecule has 4 N–H and O–H groups in total. The highest BCUT2D eigenvalue weighted by Gasteiger charge is 2.25. The van der Waals surface area contributed by atoms with Crippen LogP contribution in [0.5, 0.6) is 5.75 Å². The minimum absolute atomic E-state index is 0.406. The van der Waals surface area contributed by atoms with Crippen molar-refractivity contribution in [1.82, 2.24) is 5.32 Å². The molecule has 21 heavy (non-hydrogen) atoms. The lowest BCUT2D eigenvalue weighted by Crippen LogP contribution is -2.47. The lowest BCUT2D eigenvalue weighted by molar-refractivity contribution is -0.144. The van der Waals surface area contributed by atoms with Crippen molar-refractivity contribution in [3.05, 3.63) is 29.3 Å². The third kappa shape index (κ3) is 5.70. The van der Waals surface area contributed by atoms with Gasteiger partial charge >= 0.3 is 5.97 Å². The van der Waals surface area contributed by atoms with Gasteiger partial charge in [0.2, 0.25) is 5.91 Å². The fourth-order valence-corrected chi connectivity index (χ4v) is 1.59. The first kappa shape index (κ1) is 16.8. The molecule has 7 nitrogen and oxygen atoms in total. The Hall–Kier alpha value is -2.28. The van der Waals surface area contributed by atoms with Crippen molar-refractivity contribution in [1.29, 1.82) is 0 Å². The SMILES string of the molecule is CC(Oc1ccc(Cl)cc1)C(=O)N[C@@H](CC(N)=O)C(=O)O. The molecule has 2 amide bonds. The number of carbonyl (C=O) groups is 3. The number of amides is 2. The number of nitrogens with two attached hydrogens (primary N) is 1. The molecule has 1 rings (SSSR count).